The summed E-state index contributed by atoms with van der Waals surface area (Å²) in [5.74, 6) is -5.37. The van der Waals surface area contributed by atoms with E-state index in [1.54, 1.807) is 48.5 Å². The Labute approximate surface area is 199 Å². The Morgan fingerprint density at radius 1 is 0.636 bits per heavy atom. The van der Waals surface area contributed by atoms with E-state index in [1.165, 1.54) is 21.0 Å². The molecule has 0 aliphatic carbocycles. The van der Waals surface area contributed by atoms with Crippen molar-refractivity contribution in [1.82, 2.24) is 0 Å². The zero-order valence-electron chi connectivity index (χ0n) is 23.1. The van der Waals surface area contributed by atoms with Crippen LogP contribution in [-0.2, 0) is 18.9 Å². The minimum Gasteiger partial charge on any atom is -0.386 e. The van der Waals surface area contributed by atoms with Crippen LogP contribution >= 0.6 is 0 Å². The van der Waals surface area contributed by atoms with Gasteiger partial charge in [-0.3, -0.25) is 0 Å². The molecule has 2 heterocycles. The van der Waals surface area contributed by atoms with Crippen LogP contribution in [0.2, 0.25) is 0 Å². The molecule has 0 aromatic heterocycles. The maximum absolute atomic E-state index is 11.9. The molecule has 8 atom stereocenters. The highest BCUT2D eigenvalue weighted by Gasteiger charge is 2.79. The molecule has 0 aromatic rings. The zero-order valence-corrected chi connectivity index (χ0v) is 23.1. The van der Waals surface area contributed by atoms with Crippen molar-refractivity contribution in [1.29, 1.82) is 0 Å². The Morgan fingerprint density at radius 2 is 1.09 bits per heavy atom. The molecule has 0 saturated carbocycles. The lowest BCUT2D eigenvalue weighted by Gasteiger charge is -2.71. The first-order valence-electron chi connectivity index (χ1n) is 11.8. The lowest BCUT2D eigenvalue weighted by Crippen LogP contribution is -2.85. The van der Waals surface area contributed by atoms with Gasteiger partial charge in [-0.1, -0.05) is 27.7 Å². The normalized spacial score (nSPS) is 56.5. The number of hydrogen-bond donors (Lipinski definition) is 4. The molecule has 0 bridgehead atoms. The number of ether oxygens (including phenoxy) is 4. The van der Waals surface area contributed by atoms with Crippen molar-refractivity contribution < 1.29 is 39.4 Å². The van der Waals surface area contributed by atoms with Gasteiger partial charge in [0.15, 0.2) is 17.4 Å². The van der Waals surface area contributed by atoms with E-state index in [-0.39, 0.29) is 0 Å². The maximum atomic E-state index is 11.9. The predicted octanol–water partition coefficient (Wildman–Crippen LogP) is 3.08. The van der Waals surface area contributed by atoms with Crippen LogP contribution in [0.25, 0.3) is 0 Å². The summed E-state index contributed by atoms with van der Waals surface area (Å²) < 4.78 is 24.6. The smallest absolute Gasteiger partial charge is 0.198 e. The van der Waals surface area contributed by atoms with Crippen molar-refractivity contribution in [3.8, 4) is 0 Å². The first-order chi connectivity index (χ1) is 14.2. The highest BCUT2D eigenvalue weighted by molar-refractivity contribution is 5.22. The van der Waals surface area contributed by atoms with Crippen LogP contribution in [0.3, 0.4) is 0 Å². The van der Waals surface area contributed by atoms with Crippen molar-refractivity contribution in [3.63, 3.8) is 0 Å². The Kier molecular flexibility index (Phi) is 6.25. The lowest BCUT2D eigenvalue weighted by atomic mass is 9.53. The van der Waals surface area contributed by atoms with Crippen LogP contribution in [0.15, 0.2) is 0 Å². The van der Waals surface area contributed by atoms with Gasteiger partial charge in [0.25, 0.3) is 0 Å². The number of hydrogen-bond acceptors (Lipinski definition) is 8. The highest BCUT2D eigenvalue weighted by atomic mass is 16.8. The van der Waals surface area contributed by atoms with Gasteiger partial charge in [-0.25, -0.2) is 0 Å². The summed E-state index contributed by atoms with van der Waals surface area (Å²) in [7, 11) is 1.39. The Hall–Kier alpha value is -0.320. The Morgan fingerprint density at radius 3 is 1.48 bits per heavy atom. The minimum absolute atomic E-state index is 0.531. The molecule has 4 N–H and O–H groups in total. The maximum Gasteiger partial charge on any atom is 0.198 e. The van der Waals surface area contributed by atoms with E-state index < -0.39 is 56.2 Å². The largest absolute Gasteiger partial charge is 0.386 e. The van der Waals surface area contributed by atoms with E-state index in [0.29, 0.717) is 6.42 Å². The molecule has 2 rings (SSSR count). The summed E-state index contributed by atoms with van der Waals surface area (Å²) in [6.07, 6.45) is 0.531. The summed E-state index contributed by atoms with van der Waals surface area (Å²) in [6, 6.07) is 0. The average molecular weight is 477 g/mol. The van der Waals surface area contributed by atoms with Crippen molar-refractivity contribution in [2.24, 2.45) is 10.8 Å². The molecule has 0 amide bonds. The van der Waals surface area contributed by atoms with E-state index in [1.807, 2.05) is 27.7 Å². The second-order valence-corrected chi connectivity index (χ2v) is 12.5. The van der Waals surface area contributed by atoms with E-state index in [2.05, 4.69) is 0 Å². The molecule has 0 aromatic carbocycles. The fourth-order valence-electron chi connectivity index (χ4n) is 6.19. The molecule has 0 spiro atoms. The third kappa shape index (κ3) is 3.05. The zero-order chi connectivity index (χ0) is 26.5. The van der Waals surface area contributed by atoms with Gasteiger partial charge in [0.05, 0.1) is 5.60 Å². The van der Waals surface area contributed by atoms with Gasteiger partial charge in [0, 0.05) is 17.9 Å². The molecular weight excluding hydrogens is 428 g/mol. The van der Waals surface area contributed by atoms with Gasteiger partial charge >= 0.3 is 0 Å². The molecule has 8 heteroatoms. The van der Waals surface area contributed by atoms with Crippen LogP contribution < -0.4 is 0 Å². The number of rotatable bonds is 4. The number of aliphatic hydroxyl groups is 4. The van der Waals surface area contributed by atoms with Crippen molar-refractivity contribution in [3.05, 3.63) is 0 Å². The minimum atomic E-state index is -1.99. The first kappa shape index (κ1) is 28.9. The molecule has 8 nitrogen and oxygen atoms in total. The molecule has 2 aliphatic rings. The third-order valence-corrected chi connectivity index (χ3v) is 10.8. The number of methoxy groups -OCH3 is 1. The Balaban J connectivity index is 2.76. The van der Waals surface area contributed by atoms with Gasteiger partial charge in [-0.15, -0.1) is 0 Å². The van der Waals surface area contributed by atoms with Crippen LogP contribution in [0.5, 0.6) is 0 Å². The summed E-state index contributed by atoms with van der Waals surface area (Å²) in [4.78, 5) is 0. The lowest BCUT2D eigenvalue weighted by molar-refractivity contribution is -0.530. The monoisotopic (exact) mass is 476 g/mol. The van der Waals surface area contributed by atoms with Crippen LogP contribution in [0.4, 0.5) is 0 Å². The van der Waals surface area contributed by atoms with Crippen molar-refractivity contribution in [2.45, 2.75) is 142 Å². The molecule has 8 unspecified atom stereocenters. The van der Waals surface area contributed by atoms with Gasteiger partial charge in [0.1, 0.15) is 22.4 Å². The second-order valence-electron chi connectivity index (χ2n) is 12.5. The molecule has 196 valence electrons. The Bertz CT molecular complexity index is 785. The van der Waals surface area contributed by atoms with E-state index >= 15 is 0 Å². The second kappa shape index (κ2) is 7.13. The topological polar surface area (TPSA) is 118 Å². The predicted molar refractivity (Wildman–Crippen MR) is 124 cm³/mol. The van der Waals surface area contributed by atoms with Gasteiger partial charge in [-0.05, 0) is 68.7 Å². The standard InChI is InChI=1S/C25H48O8/c1-15-18(6)17(4,5)31-25(13,21(9,28)20(18,8)27)32-22(10)16(2,3)19(7,26)24(12,30-14)33-23(22,11)29/h26-29H,15H2,1-14H3. The van der Waals surface area contributed by atoms with Crippen molar-refractivity contribution in [2.75, 3.05) is 7.11 Å². The van der Waals surface area contributed by atoms with Crippen LogP contribution in [-0.4, -0.2) is 72.9 Å². The van der Waals surface area contributed by atoms with E-state index in [0.717, 1.165) is 0 Å². The highest BCUT2D eigenvalue weighted by Crippen LogP contribution is 2.64. The average Bonchev–Trinajstić information content (AvgIpc) is 2.63. The van der Waals surface area contributed by atoms with Gasteiger partial charge in [-0.2, -0.15) is 0 Å². The first-order valence-corrected chi connectivity index (χ1v) is 11.8. The molecular formula is C25H48O8. The van der Waals surface area contributed by atoms with Crippen molar-refractivity contribution >= 4 is 0 Å². The quantitative estimate of drug-likeness (QED) is 0.489. The van der Waals surface area contributed by atoms with Gasteiger partial charge < -0.3 is 39.4 Å². The molecule has 2 saturated heterocycles. The summed E-state index contributed by atoms with van der Waals surface area (Å²) in [5, 5.41) is 47.0. The molecule has 2 aliphatic heterocycles. The SMILES string of the molecule is CCC1(C)C(C)(C)OC(C)(OC2(C)C(C)(O)OC(C)(OC)C(C)(O)C2(C)C)C(C)(O)C1(C)O. The summed E-state index contributed by atoms with van der Waals surface area (Å²) in [5.41, 5.74) is -9.87. The summed E-state index contributed by atoms with van der Waals surface area (Å²) >= 11 is 0. The fourth-order valence-corrected chi connectivity index (χ4v) is 6.19. The van der Waals surface area contributed by atoms with E-state index in [9.17, 15) is 20.4 Å². The molecule has 2 fully saturated rings. The van der Waals surface area contributed by atoms with E-state index in [4.69, 9.17) is 18.9 Å². The molecule has 0 radical (unpaired) electrons. The van der Waals surface area contributed by atoms with Crippen LogP contribution in [0.1, 0.15) is 96.4 Å². The molecule has 33 heavy (non-hydrogen) atoms. The third-order valence-electron chi connectivity index (χ3n) is 10.8. The summed E-state index contributed by atoms with van der Waals surface area (Å²) in [6.45, 7) is 21.8. The van der Waals surface area contributed by atoms with Crippen LogP contribution in [0, 0.1) is 10.8 Å². The van der Waals surface area contributed by atoms with Gasteiger partial charge in [0.2, 0.25) is 0 Å². The fraction of sp³-hybridized carbons (Fsp3) is 1.00.